The Morgan fingerprint density at radius 2 is 2.10 bits per heavy atom. The molecule has 0 aliphatic heterocycles. The number of hydrogen-bond donors (Lipinski definition) is 0. The minimum atomic E-state index is -0.0733. The minimum Gasteiger partial charge on any atom is -0.311 e. The Morgan fingerprint density at radius 1 is 1.40 bits per heavy atom. The van der Waals surface area contributed by atoms with Gasteiger partial charge in [-0.1, -0.05) is 20.3 Å². The summed E-state index contributed by atoms with van der Waals surface area (Å²) in [5.41, 5.74) is 3.61. The summed E-state index contributed by atoms with van der Waals surface area (Å²) in [4.78, 5) is 4.79. The first-order chi connectivity index (χ1) is 9.45. The Hall–Kier alpha value is -1.03. The average molecular weight is 295 g/mol. The van der Waals surface area contributed by atoms with Gasteiger partial charge in [-0.15, -0.1) is 11.6 Å². The van der Waals surface area contributed by atoms with Gasteiger partial charge in [0.1, 0.15) is 11.3 Å². The van der Waals surface area contributed by atoms with Crippen molar-refractivity contribution >= 4 is 22.8 Å². The van der Waals surface area contributed by atoms with Gasteiger partial charge < -0.3 is 4.57 Å². The van der Waals surface area contributed by atoms with Crippen molar-refractivity contribution in [3.63, 3.8) is 0 Å². The lowest BCUT2D eigenvalue weighted by atomic mass is 9.70. The fraction of sp³-hybridized carbons (Fsp3) is 0.733. The van der Waals surface area contributed by atoms with Crippen LogP contribution in [-0.2, 0) is 20.0 Å². The lowest BCUT2D eigenvalue weighted by Crippen LogP contribution is -2.31. The van der Waals surface area contributed by atoms with Crippen molar-refractivity contribution in [3.05, 3.63) is 11.5 Å². The molecule has 0 radical (unpaired) electrons. The molecule has 1 aliphatic rings. The van der Waals surface area contributed by atoms with Gasteiger partial charge in [-0.05, 0) is 31.6 Å². The molecule has 4 nitrogen and oxygen atoms in total. The summed E-state index contributed by atoms with van der Waals surface area (Å²) in [6.07, 6.45) is 4.83. The molecule has 5 heteroatoms. The number of rotatable bonds is 4. The Morgan fingerprint density at radius 3 is 2.60 bits per heavy atom. The van der Waals surface area contributed by atoms with Gasteiger partial charge in [0.2, 0.25) is 0 Å². The molecule has 0 amide bonds. The van der Waals surface area contributed by atoms with E-state index in [1.165, 1.54) is 19.3 Å². The van der Waals surface area contributed by atoms with Crippen molar-refractivity contribution < 1.29 is 0 Å². The minimum absolute atomic E-state index is 0.0733. The maximum absolute atomic E-state index is 6.36. The number of alkyl halides is 1. The van der Waals surface area contributed by atoms with Gasteiger partial charge in [0.05, 0.1) is 11.1 Å². The second-order valence-corrected chi connectivity index (χ2v) is 7.09. The molecule has 0 spiro atoms. The molecule has 0 N–H and O–H groups in total. The fourth-order valence-electron chi connectivity index (χ4n) is 3.28. The molecule has 1 atom stereocenters. The molecule has 1 saturated carbocycles. The Balaban J connectivity index is 2.15. The summed E-state index contributed by atoms with van der Waals surface area (Å²) in [6, 6.07) is 0. The second-order valence-electron chi connectivity index (χ2n) is 6.43. The SMILES string of the molecule is CCc1nn(C)c2c1nc(C(C)Cl)n2CC1(C)CCC1. The lowest BCUT2D eigenvalue weighted by Gasteiger charge is -2.39. The maximum atomic E-state index is 6.36. The Labute approximate surface area is 125 Å². The van der Waals surface area contributed by atoms with Crippen LogP contribution < -0.4 is 0 Å². The zero-order valence-electron chi connectivity index (χ0n) is 12.8. The Bertz CT molecular complexity index is 634. The lowest BCUT2D eigenvalue weighted by molar-refractivity contribution is 0.132. The molecular formula is C15H23ClN4. The number of aromatic nitrogens is 4. The average Bonchev–Trinajstić information content (AvgIpc) is 2.86. The Kier molecular flexibility index (Phi) is 3.32. The monoisotopic (exact) mass is 294 g/mol. The van der Waals surface area contributed by atoms with Crippen molar-refractivity contribution in [1.82, 2.24) is 19.3 Å². The van der Waals surface area contributed by atoms with Gasteiger partial charge in [0, 0.05) is 13.6 Å². The smallest absolute Gasteiger partial charge is 0.158 e. The van der Waals surface area contributed by atoms with Crippen molar-refractivity contribution in [3.8, 4) is 0 Å². The number of hydrogen-bond acceptors (Lipinski definition) is 2. The highest BCUT2D eigenvalue weighted by Gasteiger charge is 2.34. The van der Waals surface area contributed by atoms with Gasteiger partial charge in [0.25, 0.3) is 0 Å². The van der Waals surface area contributed by atoms with E-state index >= 15 is 0 Å². The number of imidazole rings is 1. The molecule has 0 bridgehead atoms. The van der Waals surface area contributed by atoms with Crippen LogP contribution in [0.5, 0.6) is 0 Å². The van der Waals surface area contributed by atoms with Crippen LogP contribution in [-0.4, -0.2) is 19.3 Å². The zero-order chi connectivity index (χ0) is 14.5. The van der Waals surface area contributed by atoms with E-state index in [2.05, 4.69) is 23.5 Å². The van der Waals surface area contributed by atoms with Crippen LogP contribution >= 0.6 is 11.6 Å². The third-order valence-electron chi connectivity index (χ3n) is 4.61. The summed E-state index contributed by atoms with van der Waals surface area (Å²) >= 11 is 6.36. The van der Waals surface area contributed by atoms with Crippen LogP contribution in [0.2, 0.25) is 0 Å². The second kappa shape index (κ2) is 4.76. The van der Waals surface area contributed by atoms with Crippen LogP contribution in [0.25, 0.3) is 11.2 Å². The molecule has 3 rings (SSSR count). The van der Waals surface area contributed by atoms with Gasteiger partial charge >= 0.3 is 0 Å². The van der Waals surface area contributed by atoms with Crippen LogP contribution in [0.1, 0.15) is 56.9 Å². The molecule has 1 unspecified atom stereocenters. The summed E-state index contributed by atoms with van der Waals surface area (Å²) in [5, 5.41) is 4.52. The molecule has 2 heterocycles. The van der Waals surface area contributed by atoms with Crippen LogP contribution in [0.15, 0.2) is 0 Å². The van der Waals surface area contributed by atoms with Gasteiger partial charge in [-0.2, -0.15) is 5.10 Å². The fourth-order valence-corrected chi connectivity index (χ4v) is 3.44. The maximum Gasteiger partial charge on any atom is 0.158 e. The first kappa shape index (κ1) is 13.9. The third-order valence-corrected chi connectivity index (χ3v) is 4.81. The van der Waals surface area contributed by atoms with Crippen LogP contribution in [0.4, 0.5) is 0 Å². The van der Waals surface area contributed by atoms with E-state index in [4.69, 9.17) is 16.6 Å². The predicted octanol–water partition coefficient (Wildman–Crippen LogP) is 3.82. The first-order valence-electron chi connectivity index (χ1n) is 7.51. The standard InChI is InChI=1S/C15H23ClN4/c1-5-11-12-14(19(4)18-11)20(13(17-12)10(2)16)9-15(3)7-6-8-15/h10H,5-9H2,1-4H3. The molecule has 2 aromatic heterocycles. The van der Waals surface area contributed by atoms with E-state index in [0.29, 0.717) is 5.41 Å². The third kappa shape index (κ3) is 2.05. The van der Waals surface area contributed by atoms with Crippen LogP contribution in [0, 0.1) is 5.41 Å². The molecule has 1 fully saturated rings. The van der Waals surface area contributed by atoms with E-state index in [1.54, 1.807) is 0 Å². The first-order valence-corrected chi connectivity index (χ1v) is 7.95. The molecule has 0 saturated heterocycles. The number of halogens is 1. The normalized spacial score (nSPS) is 19.2. The topological polar surface area (TPSA) is 35.6 Å². The van der Waals surface area contributed by atoms with E-state index < -0.39 is 0 Å². The van der Waals surface area contributed by atoms with Gasteiger partial charge in [-0.25, -0.2) is 4.98 Å². The molecule has 110 valence electrons. The zero-order valence-corrected chi connectivity index (χ0v) is 13.5. The van der Waals surface area contributed by atoms with Crippen molar-refractivity contribution in [1.29, 1.82) is 0 Å². The van der Waals surface area contributed by atoms with Crippen LogP contribution in [0.3, 0.4) is 0 Å². The summed E-state index contributed by atoms with van der Waals surface area (Å²) < 4.78 is 4.27. The summed E-state index contributed by atoms with van der Waals surface area (Å²) in [6.45, 7) is 7.49. The van der Waals surface area contributed by atoms with Gasteiger partial charge in [0.15, 0.2) is 5.65 Å². The molecule has 20 heavy (non-hydrogen) atoms. The highest BCUT2D eigenvalue weighted by Crippen LogP contribution is 2.43. The largest absolute Gasteiger partial charge is 0.311 e. The number of nitrogens with zero attached hydrogens (tertiary/aromatic N) is 4. The number of fused-ring (bicyclic) bond motifs is 1. The molecule has 1 aliphatic carbocycles. The summed E-state index contributed by atoms with van der Waals surface area (Å²) in [5.74, 6) is 0.984. The van der Waals surface area contributed by atoms with E-state index in [9.17, 15) is 0 Å². The van der Waals surface area contributed by atoms with E-state index in [-0.39, 0.29) is 5.38 Å². The van der Waals surface area contributed by atoms with Gasteiger partial charge in [-0.3, -0.25) is 4.68 Å². The van der Waals surface area contributed by atoms with E-state index in [1.807, 2.05) is 18.7 Å². The van der Waals surface area contributed by atoms with Crippen molar-refractivity contribution in [2.24, 2.45) is 12.5 Å². The van der Waals surface area contributed by atoms with Crippen molar-refractivity contribution in [2.75, 3.05) is 0 Å². The van der Waals surface area contributed by atoms with Crippen molar-refractivity contribution in [2.45, 2.75) is 58.4 Å². The highest BCUT2D eigenvalue weighted by atomic mass is 35.5. The highest BCUT2D eigenvalue weighted by molar-refractivity contribution is 6.20. The number of aryl methyl sites for hydroxylation is 2. The molecule has 2 aromatic rings. The molecule has 0 aromatic carbocycles. The predicted molar refractivity (Wildman–Crippen MR) is 82.1 cm³/mol. The summed E-state index contributed by atoms with van der Waals surface area (Å²) in [7, 11) is 2.01. The van der Waals surface area contributed by atoms with E-state index in [0.717, 1.165) is 35.6 Å². The molecular weight excluding hydrogens is 272 g/mol. The quantitative estimate of drug-likeness (QED) is 0.804.